The Labute approximate surface area is 94.6 Å². The van der Waals surface area contributed by atoms with E-state index in [0.29, 0.717) is 9.13 Å². The van der Waals surface area contributed by atoms with Crippen molar-refractivity contribution < 1.29 is 9.31 Å². The molecule has 1 aromatic carbocycles. The van der Waals surface area contributed by atoms with Crippen molar-refractivity contribution in [2.45, 2.75) is 12.8 Å². The van der Waals surface area contributed by atoms with Gasteiger partial charge in [-0.1, -0.05) is 19.1 Å². The Balaban J connectivity index is 3.28. The van der Waals surface area contributed by atoms with Crippen molar-refractivity contribution in [2.24, 2.45) is 0 Å². The molecule has 0 amide bonds. The monoisotopic (exact) mass is 309 g/mol. The predicted molar refractivity (Wildman–Crippen MR) is 60.2 cm³/mol. The van der Waals surface area contributed by atoms with Gasteiger partial charge in [0, 0.05) is 11.5 Å². The van der Waals surface area contributed by atoms with Crippen molar-refractivity contribution in [1.82, 2.24) is 0 Å². The maximum Gasteiger partial charge on any atom is 0.286 e. The highest BCUT2D eigenvalue weighted by molar-refractivity contribution is 14.1. The lowest BCUT2D eigenvalue weighted by Crippen LogP contribution is -2.03. The third-order valence-electron chi connectivity index (χ3n) is 1.96. The third-order valence-corrected chi connectivity index (χ3v) is 2.83. The van der Waals surface area contributed by atoms with E-state index < -0.39 is 17.5 Å². The summed E-state index contributed by atoms with van der Waals surface area (Å²) in [7, 11) is 0. The first-order valence-corrected chi connectivity index (χ1v) is 5.14. The van der Waals surface area contributed by atoms with Gasteiger partial charge in [0.15, 0.2) is 0 Å². The van der Waals surface area contributed by atoms with Gasteiger partial charge in [-0.25, -0.2) is 0 Å². The van der Waals surface area contributed by atoms with Crippen molar-refractivity contribution in [2.75, 3.05) is 6.67 Å². The minimum atomic E-state index is -0.582. The number of rotatable bonds is 3. The summed E-state index contributed by atoms with van der Waals surface area (Å²) in [4.78, 5) is 10.3. The minimum Gasteiger partial charge on any atom is -0.258 e. The van der Waals surface area contributed by atoms with Crippen molar-refractivity contribution in [1.29, 1.82) is 0 Å². The Morgan fingerprint density at radius 2 is 2.29 bits per heavy atom. The van der Waals surface area contributed by atoms with Crippen LogP contribution in [-0.2, 0) is 0 Å². The molecule has 0 aliphatic carbocycles. The van der Waals surface area contributed by atoms with E-state index in [0.717, 1.165) is 0 Å². The summed E-state index contributed by atoms with van der Waals surface area (Å²) in [6.07, 6.45) is 0. The lowest BCUT2D eigenvalue weighted by atomic mass is 10.0. The molecule has 5 heteroatoms. The molecular formula is C9H9FINO2. The van der Waals surface area contributed by atoms with Gasteiger partial charge in [0.05, 0.1) is 15.2 Å². The Bertz CT molecular complexity index is 357. The molecule has 0 aromatic heterocycles. The number of nitro benzene ring substituents is 1. The van der Waals surface area contributed by atoms with Crippen LogP contribution in [0.25, 0.3) is 0 Å². The van der Waals surface area contributed by atoms with Crippen LogP contribution in [0.5, 0.6) is 0 Å². The standard InChI is InChI=1S/C9H9FINO2/c1-6(5-10)7-3-2-4-8(11)9(7)12(13)14/h2-4,6H,5H2,1H3. The average molecular weight is 309 g/mol. The molecule has 1 unspecified atom stereocenters. The SMILES string of the molecule is CC(CF)c1cccc(I)c1[N+](=O)[O-]. The van der Waals surface area contributed by atoms with Gasteiger partial charge in [-0.3, -0.25) is 14.5 Å². The summed E-state index contributed by atoms with van der Waals surface area (Å²) in [5.74, 6) is -0.426. The second kappa shape index (κ2) is 4.68. The number of benzene rings is 1. The number of para-hydroxylation sites is 1. The molecule has 76 valence electrons. The number of alkyl halides is 1. The number of nitro groups is 1. The van der Waals surface area contributed by atoms with Crippen LogP contribution in [-0.4, -0.2) is 11.6 Å². The fourth-order valence-corrected chi connectivity index (χ4v) is 1.92. The third kappa shape index (κ3) is 2.20. The summed E-state index contributed by atoms with van der Waals surface area (Å²) >= 11 is 1.89. The molecule has 1 aromatic rings. The van der Waals surface area contributed by atoms with Crippen LogP contribution in [0.1, 0.15) is 18.4 Å². The van der Waals surface area contributed by atoms with Crippen LogP contribution < -0.4 is 0 Å². The lowest BCUT2D eigenvalue weighted by Gasteiger charge is -2.08. The highest BCUT2D eigenvalue weighted by Crippen LogP contribution is 2.30. The molecule has 1 atom stereocenters. The maximum atomic E-state index is 12.4. The van der Waals surface area contributed by atoms with E-state index in [1.165, 1.54) is 0 Å². The minimum absolute atomic E-state index is 0.0262. The second-order valence-electron chi connectivity index (χ2n) is 2.99. The summed E-state index contributed by atoms with van der Waals surface area (Å²) < 4.78 is 13.0. The summed E-state index contributed by atoms with van der Waals surface area (Å²) in [6, 6.07) is 4.95. The van der Waals surface area contributed by atoms with Gasteiger partial charge < -0.3 is 0 Å². The van der Waals surface area contributed by atoms with Gasteiger partial charge in [-0.05, 0) is 28.7 Å². The van der Waals surface area contributed by atoms with Gasteiger partial charge in [-0.2, -0.15) is 0 Å². The normalized spacial score (nSPS) is 12.5. The number of halogens is 2. The fourth-order valence-electron chi connectivity index (χ4n) is 1.21. The number of hydrogen-bond donors (Lipinski definition) is 0. The van der Waals surface area contributed by atoms with E-state index >= 15 is 0 Å². The summed E-state index contributed by atoms with van der Waals surface area (Å²) in [6.45, 7) is 1.05. The van der Waals surface area contributed by atoms with E-state index in [4.69, 9.17) is 0 Å². The van der Waals surface area contributed by atoms with Gasteiger partial charge in [0.2, 0.25) is 0 Å². The molecular weight excluding hydrogens is 300 g/mol. The molecule has 0 aliphatic heterocycles. The summed E-state index contributed by atoms with van der Waals surface area (Å²) in [5.41, 5.74) is 0.489. The van der Waals surface area contributed by atoms with E-state index in [1.54, 1.807) is 25.1 Å². The molecule has 3 nitrogen and oxygen atoms in total. The Hall–Kier alpha value is -0.720. The molecule has 0 heterocycles. The highest BCUT2D eigenvalue weighted by atomic mass is 127. The van der Waals surface area contributed by atoms with Gasteiger partial charge >= 0.3 is 0 Å². The zero-order chi connectivity index (χ0) is 10.7. The van der Waals surface area contributed by atoms with Gasteiger partial charge in [0.25, 0.3) is 5.69 Å². The van der Waals surface area contributed by atoms with Crippen LogP contribution in [0.4, 0.5) is 10.1 Å². The molecule has 0 saturated carbocycles. The molecule has 0 spiro atoms. The maximum absolute atomic E-state index is 12.4. The van der Waals surface area contributed by atoms with Crippen LogP contribution in [0.2, 0.25) is 0 Å². The molecule has 0 radical (unpaired) electrons. The van der Waals surface area contributed by atoms with Crippen LogP contribution in [0.15, 0.2) is 18.2 Å². The van der Waals surface area contributed by atoms with Crippen LogP contribution in [0.3, 0.4) is 0 Å². The molecule has 1 rings (SSSR count). The second-order valence-corrected chi connectivity index (χ2v) is 4.15. The van der Waals surface area contributed by atoms with Crippen molar-refractivity contribution >= 4 is 28.3 Å². The summed E-state index contributed by atoms with van der Waals surface area (Å²) in [5, 5.41) is 10.7. The first kappa shape index (κ1) is 11.4. The molecule has 14 heavy (non-hydrogen) atoms. The largest absolute Gasteiger partial charge is 0.286 e. The van der Waals surface area contributed by atoms with Gasteiger partial charge in [-0.15, -0.1) is 0 Å². The van der Waals surface area contributed by atoms with E-state index in [1.807, 2.05) is 22.6 Å². The van der Waals surface area contributed by atoms with Crippen LogP contribution in [0, 0.1) is 13.7 Å². The zero-order valence-corrected chi connectivity index (χ0v) is 9.69. The first-order chi connectivity index (χ1) is 6.57. The Kier molecular flexibility index (Phi) is 3.79. The lowest BCUT2D eigenvalue weighted by molar-refractivity contribution is -0.386. The van der Waals surface area contributed by atoms with Gasteiger partial charge in [0.1, 0.15) is 0 Å². The Morgan fingerprint density at radius 1 is 1.64 bits per heavy atom. The van der Waals surface area contributed by atoms with E-state index in [2.05, 4.69) is 0 Å². The fraction of sp³-hybridized carbons (Fsp3) is 0.333. The molecule has 0 N–H and O–H groups in total. The van der Waals surface area contributed by atoms with E-state index in [-0.39, 0.29) is 5.69 Å². The van der Waals surface area contributed by atoms with Crippen molar-refractivity contribution in [3.8, 4) is 0 Å². The van der Waals surface area contributed by atoms with Crippen molar-refractivity contribution in [3.05, 3.63) is 37.4 Å². The smallest absolute Gasteiger partial charge is 0.258 e. The molecule has 0 aliphatic rings. The topological polar surface area (TPSA) is 43.1 Å². The molecule has 0 saturated heterocycles. The van der Waals surface area contributed by atoms with Crippen LogP contribution >= 0.6 is 22.6 Å². The predicted octanol–water partition coefficient (Wildman–Crippen LogP) is 3.27. The highest BCUT2D eigenvalue weighted by Gasteiger charge is 2.21. The molecule has 0 bridgehead atoms. The van der Waals surface area contributed by atoms with E-state index in [9.17, 15) is 14.5 Å². The number of hydrogen-bond acceptors (Lipinski definition) is 2. The van der Waals surface area contributed by atoms with Crippen molar-refractivity contribution in [3.63, 3.8) is 0 Å². The zero-order valence-electron chi connectivity index (χ0n) is 7.54. The first-order valence-electron chi connectivity index (χ1n) is 4.06. The Morgan fingerprint density at radius 3 is 2.79 bits per heavy atom. The quantitative estimate of drug-likeness (QED) is 0.488. The molecule has 0 fully saturated rings. The number of nitrogens with zero attached hydrogens (tertiary/aromatic N) is 1. The average Bonchev–Trinajstić information content (AvgIpc) is 2.15.